The molecule has 0 fully saturated rings. The van der Waals surface area contributed by atoms with Gasteiger partial charge in [0.15, 0.2) is 6.17 Å². The van der Waals surface area contributed by atoms with Gasteiger partial charge in [0.2, 0.25) is 5.95 Å². The first-order valence-electron chi connectivity index (χ1n) is 6.88. The van der Waals surface area contributed by atoms with E-state index in [-0.39, 0.29) is 11.8 Å². The molecule has 0 aliphatic heterocycles. The van der Waals surface area contributed by atoms with Gasteiger partial charge in [-0.3, -0.25) is 5.32 Å². The van der Waals surface area contributed by atoms with E-state index in [2.05, 4.69) is 36.9 Å². The highest BCUT2D eigenvalue weighted by Crippen LogP contribution is 2.33. The Hall–Kier alpha value is -2.80. The highest BCUT2D eigenvalue weighted by Gasteiger charge is 2.35. The van der Waals surface area contributed by atoms with Crippen LogP contribution in [0.15, 0.2) is 12.4 Å². The third-order valence-electron chi connectivity index (χ3n) is 3.19. The van der Waals surface area contributed by atoms with Gasteiger partial charge in [-0.2, -0.15) is 23.3 Å². The molecule has 0 spiro atoms. The molecule has 0 aromatic carbocycles. The normalized spacial score (nSPS) is 12.5. The number of halogens is 3. The minimum atomic E-state index is -4.54. The molecular formula is C14H16F3N7. The van der Waals surface area contributed by atoms with Crippen molar-refractivity contribution in [2.75, 3.05) is 24.7 Å². The van der Waals surface area contributed by atoms with Gasteiger partial charge in [-0.05, 0) is 14.0 Å². The zero-order valence-electron chi connectivity index (χ0n) is 13.2. The number of hydrogen-bond acceptors (Lipinski definition) is 6. The summed E-state index contributed by atoms with van der Waals surface area (Å²) >= 11 is 0. The molecule has 128 valence electrons. The van der Waals surface area contributed by atoms with E-state index < -0.39 is 17.9 Å². The maximum absolute atomic E-state index is 12.8. The van der Waals surface area contributed by atoms with Gasteiger partial charge < -0.3 is 10.6 Å². The van der Waals surface area contributed by atoms with E-state index in [4.69, 9.17) is 6.42 Å². The smallest absolute Gasteiger partial charge is 0.372 e. The highest BCUT2D eigenvalue weighted by atomic mass is 19.4. The second kappa shape index (κ2) is 6.76. The van der Waals surface area contributed by atoms with Crippen LogP contribution >= 0.6 is 0 Å². The number of terminal acetylenes is 1. The molecule has 0 bridgehead atoms. The summed E-state index contributed by atoms with van der Waals surface area (Å²) in [6, 6.07) is 0. The quantitative estimate of drug-likeness (QED) is 0.725. The van der Waals surface area contributed by atoms with E-state index in [0.29, 0.717) is 11.4 Å². The van der Waals surface area contributed by atoms with Gasteiger partial charge in [-0.25, -0.2) is 9.67 Å². The largest absolute Gasteiger partial charge is 0.421 e. The lowest BCUT2D eigenvalue weighted by Crippen LogP contribution is -2.21. The van der Waals surface area contributed by atoms with Crippen LogP contribution in [-0.4, -0.2) is 33.8 Å². The minimum Gasteiger partial charge on any atom is -0.372 e. The Morgan fingerprint density at radius 1 is 1.33 bits per heavy atom. The Kier molecular flexibility index (Phi) is 4.94. The molecule has 0 aliphatic rings. The van der Waals surface area contributed by atoms with E-state index in [1.165, 1.54) is 11.7 Å². The summed E-state index contributed by atoms with van der Waals surface area (Å²) in [5.74, 6) is 2.20. The fourth-order valence-electron chi connectivity index (χ4n) is 1.99. The van der Waals surface area contributed by atoms with Crippen molar-refractivity contribution in [3.05, 3.63) is 23.7 Å². The molecule has 7 nitrogen and oxygen atoms in total. The maximum Gasteiger partial charge on any atom is 0.421 e. The van der Waals surface area contributed by atoms with Crippen molar-refractivity contribution in [1.29, 1.82) is 0 Å². The average Bonchev–Trinajstić information content (AvgIpc) is 2.88. The average molecular weight is 339 g/mol. The molecule has 1 atom stereocenters. The van der Waals surface area contributed by atoms with Crippen molar-refractivity contribution in [3.63, 3.8) is 0 Å². The minimum absolute atomic E-state index is 0.0108. The van der Waals surface area contributed by atoms with Gasteiger partial charge in [0.25, 0.3) is 0 Å². The second-order valence-corrected chi connectivity index (χ2v) is 4.79. The van der Waals surface area contributed by atoms with E-state index in [9.17, 15) is 13.2 Å². The van der Waals surface area contributed by atoms with Crippen LogP contribution in [0.3, 0.4) is 0 Å². The first kappa shape index (κ1) is 17.6. The lowest BCUT2D eigenvalue weighted by molar-refractivity contribution is -0.137. The molecule has 1 unspecified atom stereocenters. The second-order valence-electron chi connectivity index (χ2n) is 4.79. The Morgan fingerprint density at radius 3 is 2.58 bits per heavy atom. The van der Waals surface area contributed by atoms with Gasteiger partial charge >= 0.3 is 6.18 Å². The standard InChI is InChI=1S/C14H16F3N7/c1-5-11(18-3)24-7-10(8(2)23-24)21-13-20-6-9(14(15,16)17)12(19-4)22-13/h1,6-7,11,18H,2-4H3,(H2,19,20,21,22). The van der Waals surface area contributed by atoms with Crippen molar-refractivity contribution < 1.29 is 13.2 Å². The number of anilines is 3. The molecule has 2 rings (SSSR count). The van der Waals surface area contributed by atoms with Crippen molar-refractivity contribution in [1.82, 2.24) is 25.1 Å². The molecule has 10 heteroatoms. The first-order valence-corrected chi connectivity index (χ1v) is 6.88. The third kappa shape index (κ3) is 3.57. The zero-order chi connectivity index (χ0) is 17.9. The third-order valence-corrected chi connectivity index (χ3v) is 3.19. The number of hydrogen-bond donors (Lipinski definition) is 3. The number of rotatable bonds is 5. The van der Waals surface area contributed by atoms with Gasteiger partial charge in [0, 0.05) is 13.2 Å². The molecule has 2 aromatic rings. The van der Waals surface area contributed by atoms with Crippen LogP contribution in [0.1, 0.15) is 17.4 Å². The maximum atomic E-state index is 12.8. The number of aromatic nitrogens is 4. The molecule has 2 heterocycles. The van der Waals surface area contributed by atoms with Crippen molar-refractivity contribution in [3.8, 4) is 12.3 Å². The van der Waals surface area contributed by atoms with Gasteiger partial charge in [-0.15, -0.1) is 6.42 Å². The van der Waals surface area contributed by atoms with Gasteiger partial charge in [0.05, 0.1) is 17.6 Å². The van der Waals surface area contributed by atoms with E-state index in [1.807, 2.05) is 0 Å². The predicted octanol–water partition coefficient (Wildman–Crippen LogP) is 2.14. The predicted molar refractivity (Wildman–Crippen MR) is 83.8 cm³/mol. The molecule has 2 aromatic heterocycles. The topological polar surface area (TPSA) is 79.7 Å². The summed E-state index contributed by atoms with van der Waals surface area (Å²) in [6.45, 7) is 1.73. The van der Waals surface area contributed by atoms with E-state index in [0.717, 1.165) is 6.20 Å². The van der Waals surface area contributed by atoms with Crippen LogP contribution in [0.4, 0.5) is 30.6 Å². The summed E-state index contributed by atoms with van der Waals surface area (Å²) in [5.41, 5.74) is 0.192. The Morgan fingerprint density at radius 2 is 2.04 bits per heavy atom. The van der Waals surface area contributed by atoms with Crippen LogP contribution < -0.4 is 16.0 Å². The van der Waals surface area contributed by atoms with Gasteiger partial charge in [-0.1, -0.05) is 5.92 Å². The van der Waals surface area contributed by atoms with Crippen LogP contribution in [0.25, 0.3) is 0 Å². The Bertz CT molecular complexity index is 761. The first-order chi connectivity index (χ1) is 11.3. The molecule has 3 N–H and O–H groups in total. The fraction of sp³-hybridized carbons (Fsp3) is 0.357. The lowest BCUT2D eigenvalue weighted by atomic mass is 10.3. The molecule has 0 saturated heterocycles. The van der Waals surface area contributed by atoms with Crippen LogP contribution in [-0.2, 0) is 6.18 Å². The van der Waals surface area contributed by atoms with Crippen molar-refractivity contribution >= 4 is 17.5 Å². The molecule has 24 heavy (non-hydrogen) atoms. The summed E-state index contributed by atoms with van der Waals surface area (Å²) in [6.07, 6.45) is 2.75. The van der Waals surface area contributed by atoms with E-state index in [1.54, 1.807) is 20.2 Å². The number of nitrogens with zero attached hydrogens (tertiary/aromatic N) is 4. The van der Waals surface area contributed by atoms with Crippen LogP contribution in [0.2, 0.25) is 0 Å². The summed E-state index contributed by atoms with van der Waals surface area (Å²) in [7, 11) is 3.04. The molecule has 0 radical (unpaired) electrons. The molecule has 0 amide bonds. The van der Waals surface area contributed by atoms with E-state index >= 15 is 0 Å². The SMILES string of the molecule is C#CC(NC)n1cc(Nc2ncc(C(F)(F)F)c(NC)n2)c(C)n1. The lowest BCUT2D eigenvalue weighted by Gasteiger charge is -2.12. The van der Waals surface area contributed by atoms with Crippen LogP contribution in [0, 0.1) is 19.3 Å². The summed E-state index contributed by atoms with van der Waals surface area (Å²) < 4.78 is 40.1. The highest BCUT2D eigenvalue weighted by molar-refractivity contribution is 5.57. The Balaban J connectivity index is 2.31. The monoisotopic (exact) mass is 339 g/mol. The van der Waals surface area contributed by atoms with Gasteiger partial charge in [0.1, 0.15) is 11.4 Å². The number of nitrogens with one attached hydrogen (secondary N) is 3. The molecule has 0 saturated carbocycles. The number of alkyl halides is 3. The molecular weight excluding hydrogens is 323 g/mol. The molecule has 0 aliphatic carbocycles. The van der Waals surface area contributed by atoms with Crippen LogP contribution in [0.5, 0.6) is 0 Å². The fourth-order valence-corrected chi connectivity index (χ4v) is 1.99. The summed E-state index contributed by atoms with van der Waals surface area (Å²) in [5, 5.41) is 12.4. The zero-order valence-corrected chi connectivity index (χ0v) is 13.2. The number of aryl methyl sites for hydroxylation is 1. The van der Waals surface area contributed by atoms with Crippen molar-refractivity contribution in [2.24, 2.45) is 0 Å². The Labute approximate surface area is 136 Å². The summed E-state index contributed by atoms with van der Waals surface area (Å²) in [4.78, 5) is 7.55. The van der Waals surface area contributed by atoms with Crippen molar-refractivity contribution in [2.45, 2.75) is 19.3 Å².